The fraction of sp³-hybridized carbons (Fsp3) is 0.217. The monoisotopic (exact) mass is 422 g/mol. The maximum Gasteiger partial charge on any atom is 0.145 e. The quantitative estimate of drug-likeness (QED) is 0.394. The fourth-order valence-corrected chi connectivity index (χ4v) is 4.23. The third-order valence-corrected chi connectivity index (χ3v) is 5.98. The SMILES string of the molecule is Cn1c(-c2ccc(Cl)cc2)cc2c(=Nc3ccc(Cl)cc3)n3c(nc21)CCCC3. The molecule has 6 heteroatoms. The highest BCUT2D eigenvalue weighted by molar-refractivity contribution is 6.30. The molecule has 0 N–H and O–H groups in total. The summed E-state index contributed by atoms with van der Waals surface area (Å²) in [5.74, 6) is 1.10. The van der Waals surface area contributed by atoms with Crippen molar-refractivity contribution < 1.29 is 0 Å². The van der Waals surface area contributed by atoms with E-state index < -0.39 is 0 Å². The Morgan fingerprint density at radius 2 is 1.62 bits per heavy atom. The van der Waals surface area contributed by atoms with Crippen LogP contribution in [0.15, 0.2) is 59.6 Å². The second kappa shape index (κ2) is 7.36. The first-order valence-electron chi connectivity index (χ1n) is 9.75. The van der Waals surface area contributed by atoms with Crippen LogP contribution in [0.25, 0.3) is 22.3 Å². The summed E-state index contributed by atoms with van der Waals surface area (Å²) in [4.78, 5) is 10.0. The molecule has 0 amide bonds. The number of hydrogen-bond donors (Lipinski definition) is 0. The zero-order chi connectivity index (χ0) is 20.0. The van der Waals surface area contributed by atoms with E-state index in [2.05, 4.69) is 22.2 Å². The predicted octanol–water partition coefficient (Wildman–Crippen LogP) is 5.92. The molecule has 5 rings (SSSR count). The van der Waals surface area contributed by atoms with E-state index >= 15 is 0 Å². The number of nitrogens with zero attached hydrogens (tertiary/aromatic N) is 4. The van der Waals surface area contributed by atoms with Gasteiger partial charge in [-0.2, -0.15) is 0 Å². The molecule has 1 aliphatic rings. The summed E-state index contributed by atoms with van der Waals surface area (Å²) in [5.41, 5.74) is 5.01. The first-order chi connectivity index (χ1) is 14.1. The van der Waals surface area contributed by atoms with Crippen molar-refractivity contribution in [2.75, 3.05) is 0 Å². The lowest BCUT2D eigenvalue weighted by Gasteiger charge is -2.19. The van der Waals surface area contributed by atoms with E-state index in [9.17, 15) is 0 Å². The second-order valence-corrected chi connectivity index (χ2v) is 8.25. The molecule has 0 saturated heterocycles. The van der Waals surface area contributed by atoms with Crippen molar-refractivity contribution >= 4 is 39.9 Å². The van der Waals surface area contributed by atoms with E-state index in [-0.39, 0.29) is 0 Å². The smallest absolute Gasteiger partial charge is 0.145 e. The van der Waals surface area contributed by atoms with E-state index in [1.807, 2.05) is 48.5 Å². The number of rotatable bonds is 2. The molecular weight excluding hydrogens is 403 g/mol. The number of fused-ring (bicyclic) bond motifs is 2. The minimum Gasteiger partial charge on any atom is -0.328 e. The lowest BCUT2D eigenvalue weighted by Crippen LogP contribution is -2.29. The van der Waals surface area contributed by atoms with Crippen LogP contribution in [0.2, 0.25) is 10.0 Å². The van der Waals surface area contributed by atoms with Gasteiger partial charge in [-0.15, -0.1) is 0 Å². The molecule has 4 nitrogen and oxygen atoms in total. The Balaban J connectivity index is 1.81. The predicted molar refractivity (Wildman–Crippen MR) is 119 cm³/mol. The highest BCUT2D eigenvalue weighted by atomic mass is 35.5. The summed E-state index contributed by atoms with van der Waals surface area (Å²) in [5, 5.41) is 2.50. The van der Waals surface area contributed by atoms with E-state index in [0.29, 0.717) is 5.02 Å². The normalized spacial score (nSPS) is 14.4. The van der Waals surface area contributed by atoms with Crippen LogP contribution in [0, 0.1) is 0 Å². The number of halogens is 2. The minimum atomic E-state index is 0.711. The van der Waals surface area contributed by atoms with Gasteiger partial charge in [-0.25, -0.2) is 9.98 Å². The van der Waals surface area contributed by atoms with Crippen molar-refractivity contribution in [2.45, 2.75) is 25.8 Å². The molecule has 0 spiro atoms. The molecule has 2 aromatic heterocycles. The summed E-state index contributed by atoms with van der Waals surface area (Å²) >= 11 is 12.1. The van der Waals surface area contributed by atoms with Gasteiger partial charge in [0.15, 0.2) is 0 Å². The Morgan fingerprint density at radius 3 is 2.34 bits per heavy atom. The van der Waals surface area contributed by atoms with Gasteiger partial charge in [-0.1, -0.05) is 35.3 Å². The first kappa shape index (κ1) is 18.5. The summed E-state index contributed by atoms with van der Waals surface area (Å²) < 4.78 is 4.42. The Bertz CT molecular complexity index is 1270. The van der Waals surface area contributed by atoms with Crippen molar-refractivity contribution in [3.8, 4) is 11.3 Å². The van der Waals surface area contributed by atoms with Gasteiger partial charge in [0.05, 0.1) is 16.8 Å². The third kappa shape index (κ3) is 3.37. The molecule has 0 bridgehead atoms. The molecule has 0 saturated carbocycles. The Hall–Kier alpha value is -2.56. The van der Waals surface area contributed by atoms with E-state index in [0.717, 1.165) is 70.1 Å². The Morgan fingerprint density at radius 1 is 0.931 bits per heavy atom. The van der Waals surface area contributed by atoms with E-state index in [1.165, 1.54) is 0 Å². The molecular formula is C23H20Cl2N4. The average Bonchev–Trinajstić information content (AvgIpc) is 3.06. The topological polar surface area (TPSA) is 35.1 Å². The third-order valence-electron chi connectivity index (χ3n) is 5.48. The number of aromatic nitrogens is 3. The van der Waals surface area contributed by atoms with Crippen LogP contribution in [-0.2, 0) is 20.0 Å². The minimum absolute atomic E-state index is 0.711. The molecule has 0 aliphatic carbocycles. The van der Waals surface area contributed by atoms with Crippen LogP contribution in [0.3, 0.4) is 0 Å². The molecule has 2 aromatic carbocycles. The molecule has 0 unspecified atom stereocenters. The molecule has 0 radical (unpaired) electrons. The van der Waals surface area contributed by atoms with Crippen molar-refractivity contribution in [3.63, 3.8) is 0 Å². The van der Waals surface area contributed by atoms with Gasteiger partial charge >= 0.3 is 0 Å². The van der Waals surface area contributed by atoms with Crippen LogP contribution >= 0.6 is 23.2 Å². The van der Waals surface area contributed by atoms with Gasteiger partial charge in [-0.05, 0) is 60.9 Å². The van der Waals surface area contributed by atoms with Gasteiger partial charge in [0.25, 0.3) is 0 Å². The molecule has 146 valence electrons. The molecule has 0 atom stereocenters. The van der Waals surface area contributed by atoms with Gasteiger partial charge in [-0.3, -0.25) is 0 Å². The highest BCUT2D eigenvalue weighted by Crippen LogP contribution is 2.27. The van der Waals surface area contributed by atoms with Crippen LogP contribution in [0.5, 0.6) is 0 Å². The number of aryl methyl sites for hydroxylation is 2. The summed E-state index contributed by atoms with van der Waals surface area (Å²) in [6.07, 6.45) is 3.28. The van der Waals surface area contributed by atoms with E-state index in [1.54, 1.807) is 0 Å². The largest absolute Gasteiger partial charge is 0.328 e. The molecule has 1 aliphatic heterocycles. The summed E-state index contributed by atoms with van der Waals surface area (Å²) in [6.45, 7) is 0.940. The highest BCUT2D eigenvalue weighted by Gasteiger charge is 2.18. The number of hydrogen-bond acceptors (Lipinski definition) is 2. The number of benzene rings is 2. The van der Waals surface area contributed by atoms with Crippen molar-refractivity contribution in [2.24, 2.45) is 12.0 Å². The molecule has 0 fully saturated rings. The standard InChI is InChI=1S/C23H20Cl2N4/c1-28-20(15-5-7-16(24)8-6-15)14-19-22(28)27-21-4-2-3-13-29(21)23(19)26-18-11-9-17(25)10-12-18/h5-12,14H,2-4,13H2,1H3. The molecule has 29 heavy (non-hydrogen) atoms. The lowest BCUT2D eigenvalue weighted by molar-refractivity contribution is 0.496. The zero-order valence-corrected chi connectivity index (χ0v) is 17.6. The maximum absolute atomic E-state index is 6.08. The Kier molecular flexibility index (Phi) is 4.69. The van der Waals surface area contributed by atoms with E-state index in [4.69, 9.17) is 33.2 Å². The van der Waals surface area contributed by atoms with Crippen LogP contribution in [0.4, 0.5) is 5.69 Å². The van der Waals surface area contributed by atoms with Crippen LogP contribution < -0.4 is 5.49 Å². The summed E-state index contributed by atoms with van der Waals surface area (Å²) in [7, 11) is 2.06. The van der Waals surface area contributed by atoms with Crippen molar-refractivity contribution in [1.82, 2.24) is 14.1 Å². The first-order valence-corrected chi connectivity index (χ1v) is 10.5. The fourth-order valence-electron chi connectivity index (χ4n) is 3.98. The summed E-state index contributed by atoms with van der Waals surface area (Å²) in [6, 6.07) is 17.8. The van der Waals surface area contributed by atoms with Gasteiger partial charge < -0.3 is 9.13 Å². The lowest BCUT2D eigenvalue weighted by atomic mass is 10.1. The van der Waals surface area contributed by atoms with Crippen molar-refractivity contribution in [3.05, 3.63) is 76.0 Å². The van der Waals surface area contributed by atoms with Gasteiger partial charge in [0.2, 0.25) is 0 Å². The molecule has 4 aromatic rings. The maximum atomic E-state index is 6.08. The molecule has 3 heterocycles. The van der Waals surface area contributed by atoms with Gasteiger partial charge in [0.1, 0.15) is 17.0 Å². The Labute approximate surface area is 179 Å². The van der Waals surface area contributed by atoms with Crippen molar-refractivity contribution in [1.29, 1.82) is 0 Å². The average molecular weight is 423 g/mol. The van der Waals surface area contributed by atoms with Crippen LogP contribution in [-0.4, -0.2) is 14.1 Å². The van der Waals surface area contributed by atoms with Crippen LogP contribution in [0.1, 0.15) is 18.7 Å². The zero-order valence-electron chi connectivity index (χ0n) is 16.1. The van der Waals surface area contributed by atoms with Gasteiger partial charge in [0, 0.05) is 30.1 Å². The second-order valence-electron chi connectivity index (χ2n) is 7.38.